The van der Waals surface area contributed by atoms with Crippen molar-refractivity contribution in [1.29, 1.82) is 0 Å². The molecule has 1 spiro atoms. The zero-order chi connectivity index (χ0) is 8.60. The molecule has 2 rings (SSSR count). The normalized spacial score (nSPS) is 46.5. The first-order valence-electron chi connectivity index (χ1n) is 4.97. The maximum atomic E-state index is 9.08. The van der Waals surface area contributed by atoms with Crippen LogP contribution in [0.3, 0.4) is 0 Å². The van der Waals surface area contributed by atoms with Crippen molar-refractivity contribution in [2.24, 2.45) is 11.3 Å². The van der Waals surface area contributed by atoms with Gasteiger partial charge in [-0.1, -0.05) is 12.8 Å². The van der Waals surface area contributed by atoms with E-state index in [0.29, 0.717) is 24.0 Å². The van der Waals surface area contributed by atoms with Gasteiger partial charge < -0.3 is 9.84 Å². The van der Waals surface area contributed by atoms with Gasteiger partial charge >= 0.3 is 0 Å². The molecule has 3 atom stereocenters. The van der Waals surface area contributed by atoms with Gasteiger partial charge in [-0.2, -0.15) is 0 Å². The van der Waals surface area contributed by atoms with Crippen molar-refractivity contribution in [3.05, 3.63) is 0 Å². The lowest BCUT2D eigenvalue weighted by atomic mass is 9.81. The summed E-state index contributed by atoms with van der Waals surface area (Å²) in [6.45, 7) is 0.361. The summed E-state index contributed by atoms with van der Waals surface area (Å²) in [6, 6.07) is 0. The highest BCUT2D eigenvalue weighted by molar-refractivity contribution is 5.08. The van der Waals surface area contributed by atoms with E-state index >= 15 is 0 Å². The minimum absolute atomic E-state index is 0.361. The summed E-state index contributed by atoms with van der Waals surface area (Å²) < 4.78 is 5.49. The van der Waals surface area contributed by atoms with Crippen LogP contribution in [0, 0.1) is 11.3 Å². The van der Waals surface area contributed by atoms with Crippen molar-refractivity contribution in [3.63, 3.8) is 0 Å². The third-order valence-corrected chi connectivity index (χ3v) is 3.78. The van der Waals surface area contributed by atoms with Crippen LogP contribution in [-0.4, -0.2) is 24.9 Å². The van der Waals surface area contributed by atoms with Crippen LogP contribution < -0.4 is 0 Å². The van der Waals surface area contributed by atoms with Gasteiger partial charge in [-0.25, -0.2) is 0 Å². The zero-order valence-electron chi connectivity index (χ0n) is 7.75. The van der Waals surface area contributed by atoms with Gasteiger partial charge in [0.2, 0.25) is 0 Å². The van der Waals surface area contributed by atoms with Gasteiger partial charge in [0.05, 0.1) is 6.10 Å². The van der Waals surface area contributed by atoms with Crippen molar-refractivity contribution >= 4 is 0 Å². The summed E-state index contributed by atoms with van der Waals surface area (Å²) in [6.07, 6.45) is 6.74. The lowest BCUT2D eigenvalue weighted by Gasteiger charge is -2.31. The first kappa shape index (κ1) is 8.52. The molecule has 0 aromatic rings. The van der Waals surface area contributed by atoms with Crippen molar-refractivity contribution in [2.45, 2.75) is 38.2 Å². The van der Waals surface area contributed by atoms with Crippen LogP contribution in [-0.2, 0) is 4.74 Å². The third kappa shape index (κ3) is 1.09. The minimum atomic E-state index is 0.361. The Morgan fingerprint density at radius 3 is 2.92 bits per heavy atom. The molecule has 0 radical (unpaired) electrons. The van der Waals surface area contributed by atoms with E-state index in [0.717, 1.165) is 0 Å². The molecule has 2 heteroatoms. The number of hydrogen-bond donors (Lipinski definition) is 1. The summed E-state index contributed by atoms with van der Waals surface area (Å²) in [5.74, 6) is 0.544. The first-order valence-corrected chi connectivity index (χ1v) is 4.97. The first-order chi connectivity index (χ1) is 5.83. The average Bonchev–Trinajstić information content (AvgIpc) is 2.81. The Labute approximate surface area is 73.9 Å². The Bertz CT molecular complexity index is 169. The Hall–Kier alpha value is -0.0800. The van der Waals surface area contributed by atoms with Crippen LogP contribution in [0.2, 0.25) is 0 Å². The predicted octanol–water partition coefficient (Wildman–Crippen LogP) is 1.57. The number of hydrogen-bond acceptors (Lipinski definition) is 2. The van der Waals surface area contributed by atoms with Gasteiger partial charge in [0.15, 0.2) is 0 Å². The van der Waals surface area contributed by atoms with Crippen LogP contribution in [0.25, 0.3) is 0 Å². The zero-order valence-corrected chi connectivity index (χ0v) is 7.75. The predicted molar refractivity (Wildman–Crippen MR) is 46.9 cm³/mol. The second kappa shape index (κ2) is 3.00. The molecular formula is C10H18O2. The highest BCUT2D eigenvalue weighted by atomic mass is 16.5. The summed E-state index contributed by atoms with van der Waals surface area (Å²) in [4.78, 5) is 0. The molecule has 2 aliphatic carbocycles. The fourth-order valence-electron chi connectivity index (χ4n) is 2.93. The molecule has 0 aromatic heterocycles. The highest BCUT2D eigenvalue weighted by Gasteiger charge is 2.59. The molecule has 0 amide bonds. The van der Waals surface area contributed by atoms with Crippen LogP contribution in [0.4, 0.5) is 0 Å². The SMILES string of the molecule is COC1CCCC[C@]12C[C@@H]2CO. The van der Waals surface area contributed by atoms with Crippen molar-refractivity contribution in [2.75, 3.05) is 13.7 Å². The number of ether oxygens (including phenoxy) is 1. The second-order valence-corrected chi connectivity index (χ2v) is 4.29. The maximum Gasteiger partial charge on any atom is 0.0631 e. The largest absolute Gasteiger partial charge is 0.396 e. The van der Waals surface area contributed by atoms with Crippen LogP contribution >= 0.6 is 0 Å². The van der Waals surface area contributed by atoms with Gasteiger partial charge in [0, 0.05) is 19.1 Å². The summed E-state index contributed by atoms with van der Waals surface area (Å²) >= 11 is 0. The lowest BCUT2D eigenvalue weighted by Crippen LogP contribution is -2.30. The standard InChI is InChI=1S/C10H18O2/c1-12-9-4-2-3-5-10(9)6-8(10)7-11/h8-9,11H,2-7H2,1H3/t8-,9?,10-/m1/s1. The summed E-state index contributed by atoms with van der Waals surface area (Å²) in [5, 5.41) is 9.08. The van der Waals surface area contributed by atoms with Gasteiger partial charge in [0.1, 0.15) is 0 Å². The lowest BCUT2D eigenvalue weighted by molar-refractivity contribution is -0.00129. The van der Waals surface area contributed by atoms with E-state index in [1.165, 1.54) is 32.1 Å². The molecule has 12 heavy (non-hydrogen) atoms. The van der Waals surface area contributed by atoms with Gasteiger partial charge in [-0.05, 0) is 25.2 Å². The van der Waals surface area contributed by atoms with Gasteiger partial charge in [-0.15, -0.1) is 0 Å². The quantitative estimate of drug-likeness (QED) is 0.681. The van der Waals surface area contributed by atoms with Gasteiger partial charge in [0.25, 0.3) is 0 Å². The maximum absolute atomic E-state index is 9.08. The number of aliphatic hydroxyl groups is 1. The Balaban J connectivity index is 2.02. The molecule has 2 saturated carbocycles. The van der Waals surface area contributed by atoms with Crippen molar-refractivity contribution in [1.82, 2.24) is 0 Å². The molecule has 70 valence electrons. The second-order valence-electron chi connectivity index (χ2n) is 4.29. The third-order valence-electron chi connectivity index (χ3n) is 3.78. The Kier molecular flexibility index (Phi) is 2.13. The van der Waals surface area contributed by atoms with E-state index < -0.39 is 0 Å². The molecule has 0 saturated heterocycles. The van der Waals surface area contributed by atoms with Crippen LogP contribution in [0.1, 0.15) is 32.1 Å². The van der Waals surface area contributed by atoms with Crippen molar-refractivity contribution < 1.29 is 9.84 Å². The van der Waals surface area contributed by atoms with E-state index in [9.17, 15) is 0 Å². The smallest absolute Gasteiger partial charge is 0.0631 e. The van der Waals surface area contributed by atoms with E-state index in [1.807, 2.05) is 7.11 Å². The topological polar surface area (TPSA) is 29.5 Å². The summed E-state index contributed by atoms with van der Waals surface area (Å²) in [7, 11) is 1.81. The highest BCUT2D eigenvalue weighted by Crippen LogP contribution is 2.61. The van der Waals surface area contributed by atoms with E-state index in [2.05, 4.69) is 0 Å². The van der Waals surface area contributed by atoms with E-state index in [1.54, 1.807) is 0 Å². The molecule has 2 aliphatic rings. The van der Waals surface area contributed by atoms with Crippen LogP contribution in [0.5, 0.6) is 0 Å². The molecule has 0 bridgehead atoms. The number of rotatable bonds is 2. The summed E-state index contributed by atoms with van der Waals surface area (Å²) in [5.41, 5.74) is 0.391. The molecule has 1 N–H and O–H groups in total. The molecule has 2 fully saturated rings. The number of aliphatic hydroxyl groups excluding tert-OH is 1. The van der Waals surface area contributed by atoms with Crippen LogP contribution in [0.15, 0.2) is 0 Å². The van der Waals surface area contributed by atoms with E-state index in [-0.39, 0.29) is 0 Å². The fourth-order valence-corrected chi connectivity index (χ4v) is 2.93. The monoisotopic (exact) mass is 170 g/mol. The number of methoxy groups -OCH3 is 1. The van der Waals surface area contributed by atoms with E-state index in [4.69, 9.17) is 9.84 Å². The Morgan fingerprint density at radius 2 is 2.33 bits per heavy atom. The molecule has 2 nitrogen and oxygen atoms in total. The van der Waals surface area contributed by atoms with Crippen molar-refractivity contribution in [3.8, 4) is 0 Å². The fraction of sp³-hybridized carbons (Fsp3) is 1.00. The minimum Gasteiger partial charge on any atom is -0.396 e. The van der Waals surface area contributed by atoms with Gasteiger partial charge in [-0.3, -0.25) is 0 Å². The Morgan fingerprint density at radius 1 is 1.50 bits per heavy atom. The average molecular weight is 170 g/mol. The molecule has 0 aliphatic heterocycles. The molecule has 1 unspecified atom stereocenters. The molecule has 0 aromatic carbocycles. The molecule has 0 heterocycles. The molecular weight excluding hydrogens is 152 g/mol.